The number of hydrogen-bond donors (Lipinski definition) is 3. The number of carboxylic acid groups (broad SMARTS) is 1. The van der Waals surface area contributed by atoms with E-state index in [4.69, 9.17) is 11.5 Å². The zero-order valence-corrected chi connectivity index (χ0v) is 12.4. The summed E-state index contributed by atoms with van der Waals surface area (Å²) in [5.41, 5.74) is 14.5. The van der Waals surface area contributed by atoms with Crippen LogP contribution >= 0.6 is 0 Å². The van der Waals surface area contributed by atoms with Crippen LogP contribution in [0.15, 0.2) is 18.3 Å². The minimum Gasteiger partial charge on any atom is -0.478 e. The van der Waals surface area contributed by atoms with Crippen LogP contribution in [0.4, 0.5) is 0 Å². The molecule has 0 unspecified atom stereocenters. The van der Waals surface area contributed by atoms with Gasteiger partial charge in [0.05, 0.1) is 11.1 Å². The molecule has 0 aliphatic carbocycles. The lowest BCUT2D eigenvalue weighted by molar-refractivity contribution is 0.0698. The van der Waals surface area contributed by atoms with Crippen LogP contribution in [-0.4, -0.2) is 28.7 Å². The molecule has 0 aliphatic rings. The van der Waals surface area contributed by atoms with Crippen molar-refractivity contribution < 1.29 is 9.90 Å². The van der Waals surface area contributed by atoms with Gasteiger partial charge < -0.3 is 21.1 Å². The Morgan fingerprint density at radius 1 is 1.24 bits per heavy atom. The predicted molar refractivity (Wildman–Crippen MR) is 84.7 cm³/mol. The fraction of sp³-hybridized carbons (Fsp3) is 0.438. The third-order valence-corrected chi connectivity index (χ3v) is 3.68. The van der Waals surface area contributed by atoms with Crippen LogP contribution in [0.3, 0.4) is 0 Å². The molecule has 1 aromatic carbocycles. The molecule has 21 heavy (non-hydrogen) atoms. The maximum atomic E-state index is 11.6. The number of nitrogens with zero attached hydrogens (tertiary/aromatic N) is 1. The molecule has 2 aromatic rings. The second-order valence-electron chi connectivity index (χ2n) is 5.40. The molecule has 0 bridgehead atoms. The summed E-state index contributed by atoms with van der Waals surface area (Å²) in [6.45, 7) is 3.88. The molecular formula is C16H23N3O2. The first-order valence-electron chi connectivity index (χ1n) is 7.34. The Labute approximate surface area is 124 Å². The van der Waals surface area contributed by atoms with Crippen LogP contribution in [0.1, 0.15) is 34.3 Å². The molecule has 5 N–H and O–H groups in total. The van der Waals surface area contributed by atoms with Gasteiger partial charge >= 0.3 is 5.97 Å². The maximum Gasteiger partial charge on any atom is 0.337 e. The van der Waals surface area contributed by atoms with Crippen molar-refractivity contribution in [1.82, 2.24) is 4.57 Å². The van der Waals surface area contributed by atoms with Gasteiger partial charge in [-0.1, -0.05) is 0 Å². The van der Waals surface area contributed by atoms with E-state index in [1.54, 1.807) is 6.07 Å². The summed E-state index contributed by atoms with van der Waals surface area (Å²) >= 11 is 0. The van der Waals surface area contributed by atoms with Gasteiger partial charge in [-0.15, -0.1) is 0 Å². The normalized spacial score (nSPS) is 11.2. The average molecular weight is 289 g/mol. The molecule has 0 fully saturated rings. The zero-order valence-electron chi connectivity index (χ0n) is 12.4. The highest BCUT2D eigenvalue weighted by molar-refractivity contribution is 6.03. The van der Waals surface area contributed by atoms with Crippen LogP contribution in [0, 0.1) is 6.92 Å². The molecule has 0 saturated carbocycles. The van der Waals surface area contributed by atoms with Gasteiger partial charge in [-0.25, -0.2) is 4.79 Å². The van der Waals surface area contributed by atoms with Crippen molar-refractivity contribution in [3.63, 3.8) is 0 Å². The zero-order chi connectivity index (χ0) is 15.4. The Morgan fingerprint density at radius 3 is 2.57 bits per heavy atom. The largest absolute Gasteiger partial charge is 0.478 e. The summed E-state index contributed by atoms with van der Waals surface area (Å²) in [6, 6.07) is 3.79. The lowest BCUT2D eigenvalue weighted by Crippen LogP contribution is -2.07. The van der Waals surface area contributed by atoms with Crippen molar-refractivity contribution >= 4 is 16.9 Å². The van der Waals surface area contributed by atoms with E-state index in [1.165, 1.54) is 5.56 Å². The van der Waals surface area contributed by atoms with Gasteiger partial charge in [0.2, 0.25) is 0 Å². The van der Waals surface area contributed by atoms with Crippen molar-refractivity contribution in [2.24, 2.45) is 11.5 Å². The Hall–Kier alpha value is -1.85. The molecule has 0 saturated heterocycles. The first-order valence-corrected chi connectivity index (χ1v) is 7.34. The van der Waals surface area contributed by atoms with Crippen LogP contribution in [-0.2, 0) is 13.0 Å². The number of carbonyl (C=O) groups is 1. The van der Waals surface area contributed by atoms with Gasteiger partial charge in [0.1, 0.15) is 0 Å². The Morgan fingerprint density at radius 2 is 1.95 bits per heavy atom. The Balaban J connectivity index is 2.62. The first-order chi connectivity index (χ1) is 10.1. The Bertz CT molecular complexity index is 646. The molecule has 1 aromatic heterocycles. The van der Waals surface area contributed by atoms with Crippen molar-refractivity contribution in [3.8, 4) is 0 Å². The van der Waals surface area contributed by atoms with Gasteiger partial charge in [0.25, 0.3) is 0 Å². The molecule has 0 spiro atoms. The summed E-state index contributed by atoms with van der Waals surface area (Å²) < 4.78 is 2.02. The molecule has 5 nitrogen and oxygen atoms in total. The second-order valence-corrected chi connectivity index (χ2v) is 5.40. The summed E-state index contributed by atoms with van der Waals surface area (Å²) in [4.78, 5) is 11.6. The predicted octanol–water partition coefficient (Wildman–Crippen LogP) is 1.89. The van der Waals surface area contributed by atoms with Crippen LogP contribution in [0.2, 0.25) is 0 Å². The highest BCUT2D eigenvalue weighted by Crippen LogP contribution is 2.28. The molecule has 114 valence electrons. The molecule has 0 radical (unpaired) electrons. The maximum absolute atomic E-state index is 11.6. The van der Waals surface area contributed by atoms with E-state index in [1.807, 2.05) is 11.5 Å². The van der Waals surface area contributed by atoms with E-state index >= 15 is 0 Å². The van der Waals surface area contributed by atoms with Gasteiger partial charge in [-0.3, -0.25) is 0 Å². The topological polar surface area (TPSA) is 94.3 Å². The van der Waals surface area contributed by atoms with Crippen LogP contribution in [0.5, 0.6) is 0 Å². The quantitative estimate of drug-likeness (QED) is 0.725. The number of benzene rings is 1. The third-order valence-electron chi connectivity index (χ3n) is 3.68. The lowest BCUT2D eigenvalue weighted by atomic mass is 10.0. The van der Waals surface area contributed by atoms with E-state index in [0.29, 0.717) is 18.7 Å². The second kappa shape index (κ2) is 6.74. The van der Waals surface area contributed by atoms with Gasteiger partial charge in [-0.05, 0) is 62.5 Å². The van der Waals surface area contributed by atoms with Gasteiger partial charge in [0, 0.05) is 18.1 Å². The molecular weight excluding hydrogens is 266 g/mol. The van der Waals surface area contributed by atoms with Crippen molar-refractivity contribution in [2.75, 3.05) is 13.1 Å². The number of aromatic carboxylic acids is 1. The number of carboxylic acids is 1. The third kappa shape index (κ3) is 3.25. The summed E-state index contributed by atoms with van der Waals surface area (Å²) in [5, 5.41) is 10.5. The van der Waals surface area contributed by atoms with Crippen LogP contribution in [0.25, 0.3) is 10.9 Å². The van der Waals surface area contributed by atoms with Crippen LogP contribution < -0.4 is 11.5 Å². The molecule has 2 rings (SSSR count). The van der Waals surface area contributed by atoms with Gasteiger partial charge in [-0.2, -0.15) is 0 Å². The standard InChI is InChI=1S/C16H23N3O2/c1-11-8-13-12(4-2-5-17)10-19(7-3-6-18)15(13)14(9-11)16(20)21/h8-10H,2-7,17-18H2,1H3,(H,20,21). The number of aryl methyl sites for hydroxylation is 3. The van der Waals surface area contributed by atoms with Crippen molar-refractivity contribution in [1.29, 1.82) is 0 Å². The minimum absolute atomic E-state index is 0.362. The number of hydrogen-bond acceptors (Lipinski definition) is 3. The fourth-order valence-corrected chi connectivity index (χ4v) is 2.75. The molecule has 0 amide bonds. The average Bonchev–Trinajstić information content (AvgIpc) is 2.79. The number of aromatic nitrogens is 1. The molecule has 0 aliphatic heterocycles. The van der Waals surface area contributed by atoms with E-state index in [2.05, 4.69) is 12.3 Å². The van der Waals surface area contributed by atoms with E-state index < -0.39 is 5.97 Å². The molecule has 0 atom stereocenters. The lowest BCUT2D eigenvalue weighted by Gasteiger charge is -2.07. The molecule has 1 heterocycles. The summed E-state index contributed by atoms with van der Waals surface area (Å²) in [5.74, 6) is -0.888. The molecule has 5 heteroatoms. The van der Waals surface area contributed by atoms with Gasteiger partial charge in [0.15, 0.2) is 0 Å². The number of nitrogens with two attached hydrogens (primary N) is 2. The fourth-order valence-electron chi connectivity index (χ4n) is 2.75. The Kier molecular flexibility index (Phi) is 4.98. The van der Waals surface area contributed by atoms with Crippen molar-refractivity contribution in [2.45, 2.75) is 32.7 Å². The summed E-state index contributed by atoms with van der Waals surface area (Å²) in [7, 11) is 0. The highest BCUT2D eigenvalue weighted by Gasteiger charge is 2.16. The monoisotopic (exact) mass is 289 g/mol. The smallest absolute Gasteiger partial charge is 0.337 e. The van der Waals surface area contributed by atoms with Crippen molar-refractivity contribution in [3.05, 3.63) is 35.0 Å². The number of rotatable bonds is 7. The SMILES string of the molecule is Cc1cc(C(=O)O)c2c(c1)c(CCCN)cn2CCCN. The van der Waals surface area contributed by atoms with E-state index in [9.17, 15) is 9.90 Å². The van der Waals surface area contributed by atoms with E-state index in [0.717, 1.165) is 42.3 Å². The highest BCUT2D eigenvalue weighted by atomic mass is 16.4. The minimum atomic E-state index is -0.888. The summed E-state index contributed by atoms with van der Waals surface area (Å²) in [6.07, 6.45) is 4.65. The number of fused-ring (bicyclic) bond motifs is 1. The van der Waals surface area contributed by atoms with E-state index in [-0.39, 0.29) is 0 Å². The first kappa shape index (κ1) is 15.5.